The molecule has 1 aliphatic rings. The van der Waals surface area contributed by atoms with Gasteiger partial charge in [0.2, 0.25) is 15.9 Å². The lowest BCUT2D eigenvalue weighted by atomic mass is 10.1. The molecule has 0 radical (unpaired) electrons. The Hall–Kier alpha value is -0.370. The van der Waals surface area contributed by atoms with Gasteiger partial charge >= 0.3 is 0 Å². The van der Waals surface area contributed by atoms with Crippen molar-refractivity contribution >= 4 is 28.3 Å². The number of halogens is 1. The summed E-state index contributed by atoms with van der Waals surface area (Å²) in [4.78, 5) is 13.0. The van der Waals surface area contributed by atoms with E-state index in [-0.39, 0.29) is 18.4 Å². The van der Waals surface area contributed by atoms with E-state index in [1.54, 1.807) is 14.1 Å². The third-order valence-corrected chi connectivity index (χ3v) is 5.16. The minimum Gasteiger partial charge on any atom is -0.348 e. The van der Waals surface area contributed by atoms with Gasteiger partial charge in [0.05, 0.1) is 0 Å². The highest BCUT2D eigenvalue weighted by Crippen LogP contribution is 2.17. The number of sulfonamides is 1. The maximum absolute atomic E-state index is 12.2. The largest absolute Gasteiger partial charge is 0.348 e. The Morgan fingerprint density at radius 3 is 2.44 bits per heavy atom. The van der Waals surface area contributed by atoms with Crippen LogP contribution < -0.4 is 5.73 Å². The maximum Gasteiger partial charge on any atom is 0.241 e. The molecule has 0 bridgehead atoms. The molecule has 0 aromatic heterocycles. The minimum absolute atomic E-state index is 0. The Morgan fingerprint density at radius 1 is 1.44 bits per heavy atom. The van der Waals surface area contributed by atoms with Crippen LogP contribution in [0.5, 0.6) is 0 Å². The number of rotatable bonds is 3. The van der Waals surface area contributed by atoms with Crippen LogP contribution in [0.25, 0.3) is 0 Å². The van der Waals surface area contributed by atoms with Gasteiger partial charge in [0.25, 0.3) is 0 Å². The molecule has 1 heterocycles. The van der Waals surface area contributed by atoms with Gasteiger partial charge in [-0.05, 0) is 19.8 Å². The monoisotopic (exact) mass is 299 g/mol. The number of nitrogens with two attached hydrogens (primary N) is 1. The van der Waals surface area contributed by atoms with Crippen molar-refractivity contribution in [3.05, 3.63) is 0 Å². The van der Waals surface area contributed by atoms with E-state index in [2.05, 4.69) is 0 Å². The summed E-state index contributed by atoms with van der Waals surface area (Å²) in [5.74, 6) is -0.399. The smallest absolute Gasteiger partial charge is 0.241 e. The molecule has 0 saturated carbocycles. The highest BCUT2D eigenvalue weighted by molar-refractivity contribution is 7.90. The van der Waals surface area contributed by atoms with Crippen LogP contribution in [0.3, 0.4) is 0 Å². The number of carbonyl (C=O) groups excluding carboxylic acids is 1. The van der Waals surface area contributed by atoms with Crippen molar-refractivity contribution < 1.29 is 13.2 Å². The van der Waals surface area contributed by atoms with Crippen LogP contribution in [0, 0.1) is 0 Å². The van der Waals surface area contributed by atoms with E-state index in [0.717, 1.165) is 12.8 Å². The molecule has 1 rings (SSSR count). The van der Waals surface area contributed by atoms with Gasteiger partial charge < -0.3 is 10.6 Å². The van der Waals surface area contributed by atoms with Crippen LogP contribution in [0.1, 0.15) is 19.8 Å². The lowest BCUT2D eigenvalue weighted by Gasteiger charge is -2.32. The topological polar surface area (TPSA) is 83.7 Å². The van der Waals surface area contributed by atoms with Gasteiger partial charge in [0.1, 0.15) is 0 Å². The van der Waals surface area contributed by atoms with Crippen molar-refractivity contribution in [3.63, 3.8) is 0 Å². The number of amides is 1. The second-order valence-electron chi connectivity index (χ2n) is 4.68. The summed E-state index contributed by atoms with van der Waals surface area (Å²) in [6, 6.07) is -0.125. The van der Waals surface area contributed by atoms with Crippen LogP contribution in [0.4, 0.5) is 0 Å². The number of hydrogen-bond donors (Lipinski definition) is 1. The maximum atomic E-state index is 12.2. The van der Waals surface area contributed by atoms with E-state index < -0.39 is 21.2 Å². The molecule has 18 heavy (non-hydrogen) atoms. The molecule has 1 saturated heterocycles. The van der Waals surface area contributed by atoms with Crippen LogP contribution in [0.2, 0.25) is 0 Å². The number of carbonyl (C=O) groups is 1. The summed E-state index contributed by atoms with van der Waals surface area (Å²) in [5, 5.41) is -1.04. The summed E-state index contributed by atoms with van der Waals surface area (Å²) in [6.07, 6.45) is 1.59. The lowest BCUT2D eigenvalue weighted by molar-refractivity contribution is -0.128. The minimum atomic E-state index is -3.58. The van der Waals surface area contributed by atoms with Gasteiger partial charge in [-0.15, -0.1) is 12.4 Å². The average Bonchev–Trinajstić information content (AvgIpc) is 2.26. The fourth-order valence-corrected chi connectivity index (χ4v) is 3.62. The molecule has 2 unspecified atom stereocenters. The zero-order valence-corrected chi connectivity index (χ0v) is 12.6. The normalized spacial score (nSPS) is 23.0. The quantitative estimate of drug-likeness (QED) is 0.771. The summed E-state index contributed by atoms with van der Waals surface area (Å²) >= 11 is 0. The van der Waals surface area contributed by atoms with E-state index in [1.807, 2.05) is 0 Å². The molecule has 108 valence electrons. The lowest BCUT2D eigenvalue weighted by Crippen LogP contribution is -2.51. The van der Waals surface area contributed by atoms with E-state index in [4.69, 9.17) is 5.73 Å². The molecule has 2 atom stereocenters. The first kappa shape index (κ1) is 17.6. The van der Waals surface area contributed by atoms with Crippen LogP contribution in [-0.4, -0.2) is 62.0 Å². The molecule has 0 aliphatic carbocycles. The van der Waals surface area contributed by atoms with Crippen molar-refractivity contribution in [2.75, 3.05) is 27.2 Å². The SMILES string of the molecule is CC(C(=O)N(C)C)S(=O)(=O)N1CCCC(N)C1.Cl. The van der Waals surface area contributed by atoms with Crippen molar-refractivity contribution in [2.45, 2.75) is 31.1 Å². The van der Waals surface area contributed by atoms with E-state index >= 15 is 0 Å². The first-order chi connectivity index (χ1) is 7.76. The zero-order valence-electron chi connectivity index (χ0n) is 11.0. The molecule has 6 nitrogen and oxygen atoms in total. The number of hydrogen-bond acceptors (Lipinski definition) is 4. The number of nitrogens with zero attached hydrogens (tertiary/aromatic N) is 2. The highest BCUT2D eigenvalue weighted by atomic mass is 35.5. The Kier molecular flexibility index (Phi) is 6.56. The standard InChI is InChI=1S/C10H21N3O3S.ClH/c1-8(10(14)12(2)3)17(15,16)13-6-4-5-9(11)7-13;/h8-9H,4-7,11H2,1-3H3;1H. The third-order valence-electron chi connectivity index (χ3n) is 3.02. The fraction of sp³-hybridized carbons (Fsp3) is 0.900. The van der Waals surface area contributed by atoms with Crippen molar-refractivity contribution in [1.82, 2.24) is 9.21 Å². The van der Waals surface area contributed by atoms with Crippen molar-refractivity contribution in [3.8, 4) is 0 Å². The van der Waals surface area contributed by atoms with Gasteiger partial charge in [0, 0.05) is 33.2 Å². The molecule has 2 N–H and O–H groups in total. The van der Waals surface area contributed by atoms with Crippen LogP contribution in [-0.2, 0) is 14.8 Å². The third kappa shape index (κ3) is 3.81. The van der Waals surface area contributed by atoms with Gasteiger partial charge in [-0.2, -0.15) is 4.31 Å². The molecule has 8 heteroatoms. The molecular formula is C10H22ClN3O3S. The summed E-state index contributed by atoms with van der Waals surface area (Å²) in [6.45, 7) is 2.20. The fourth-order valence-electron chi connectivity index (χ4n) is 1.92. The van der Waals surface area contributed by atoms with E-state index in [1.165, 1.54) is 16.1 Å². The molecule has 0 aromatic carbocycles. The van der Waals surface area contributed by atoms with E-state index in [0.29, 0.717) is 13.1 Å². The second-order valence-corrected chi connectivity index (χ2v) is 6.93. The Bertz CT molecular complexity index is 386. The first-order valence-corrected chi connectivity index (χ1v) is 7.23. The predicted molar refractivity (Wildman–Crippen MR) is 73.1 cm³/mol. The second kappa shape index (κ2) is 6.70. The Balaban J connectivity index is 0.00000289. The Morgan fingerprint density at radius 2 is 2.00 bits per heavy atom. The summed E-state index contributed by atoms with van der Waals surface area (Å²) in [7, 11) is -0.473. The number of piperidine rings is 1. The highest BCUT2D eigenvalue weighted by Gasteiger charge is 2.36. The van der Waals surface area contributed by atoms with Gasteiger partial charge in [-0.3, -0.25) is 4.79 Å². The van der Waals surface area contributed by atoms with Gasteiger partial charge in [-0.25, -0.2) is 8.42 Å². The molecule has 1 fully saturated rings. The van der Waals surface area contributed by atoms with Crippen LogP contribution >= 0.6 is 12.4 Å². The summed E-state index contributed by atoms with van der Waals surface area (Å²) < 4.78 is 25.7. The van der Waals surface area contributed by atoms with Crippen molar-refractivity contribution in [2.24, 2.45) is 5.73 Å². The predicted octanol–water partition coefficient (Wildman–Crippen LogP) is -0.362. The first-order valence-electron chi connectivity index (χ1n) is 5.72. The van der Waals surface area contributed by atoms with Crippen molar-refractivity contribution in [1.29, 1.82) is 0 Å². The average molecular weight is 300 g/mol. The molecule has 0 aromatic rings. The molecular weight excluding hydrogens is 278 g/mol. The molecule has 1 aliphatic heterocycles. The molecule has 0 spiro atoms. The van der Waals surface area contributed by atoms with Crippen LogP contribution in [0.15, 0.2) is 0 Å². The van der Waals surface area contributed by atoms with Gasteiger partial charge in [-0.1, -0.05) is 0 Å². The van der Waals surface area contributed by atoms with E-state index in [9.17, 15) is 13.2 Å². The molecule has 1 amide bonds. The Labute approximate surface area is 115 Å². The summed E-state index contributed by atoms with van der Waals surface area (Å²) in [5.41, 5.74) is 5.76. The zero-order chi connectivity index (χ0) is 13.2. The van der Waals surface area contributed by atoms with Gasteiger partial charge in [0.15, 0.2) is 5.25 Å².